The van der Waals surface area contributed by atoms with E-state index >= 15 is 0 Å². The molecule has 0 radical (unpaired) electrons. The number of thiol groups is 1. The summed E-state index contributed by atoms with van der Waals surface area (Å²) < 4.78 is 0.813. The maximum Gasteiger partial charge on any atom is 0.260 e. The van der Waals surface area contributed by atoms with Crippen molar-refractivity contribution >= 4 is 51.6 Å². The molecule has 0 aliphatic carbocycles. The van der Waals surface area contributed by atoms with Crippen LogP contribution in [0.3, 0.4) is 0 Å². The van der Waals surface area contributed by atoms with Gasteiger partial charge in [0, 0.05) is 34.0 Å². The quantitative estimate of drug-likeness (QED) is 0.368. The van der Waals surface area contributed by atoms with Crippen LogP contribution in [0.25, 0.3) is 5.57 Å². The molecule has 2 aliphatic heterocycles. The third-order valence-electron chi connectivity index (χ3n) is 5.04. The van der Waals surface area contributed by atoms with E-state index in [1.165, 1.54) is 12.0 Å². The summed E-state index contributed by atoms with van der Waals surface area (Å²) >= 11 is 8.02. The number of carbonyl (C=O) groups is 2. The number of hydrogen-bond acceptors (Lipinski definition) is 5. The summed E-state index contributed by atoms with van der Waals surface area (Å²) in [6, 6.07) is 13.4. The number of likely N-dealkylation sites (tertiary alicyclic amines) is 1. The third-order valence-corrected chi connectivity index (χ3v) is 6.12. The molecule has 2 aliphatic rings. The molecule has 0 aromatic heterocycles. The van der Waals surface area contributed by atoms with Crippen LogP contribution in [0.15, 0.2) is 53.1 Å². The fraction of sp³-hybridized carbons (Fsp3) is 0.238. The lowest BCUT2D eigenvalue weighted by molar-refractivity contribution is -0.114. The van der Waals surface area contributed by atoms with Crippen LogP contribution < -0.4 is 10.6 Å². The van der Waals surface area contributed by atoms with Crippen molar-refractivity contribution in [1.82, 2.24) is 10.2 Å². The molecular formula is C21H20BrN3O2S. The van der Waals surface area contributed by atoms with Crippen LogP contribution in [0, 0.1) is 0 Å². The molecule has 2 aromatic carbocycles. The van der Waals surface area contributed by atoms with Gasteiger partial charge in [-0.2, -0.15) is 12.6 Å². The van der Waals surface area contributed by atoms with E-state index in [0.717, 1.165) is 29.7 Å². The zero-order valence-corrected chi connectivity index (χ0v) is 17.6. The van der Waals surface area contributed by atoms with Gasteiger partial charge in [0.15, 0.2) is 0 Å². The molecular weight excluding hydrogens is 438 g/mol. The first-order chi connectivity index (χ1) is 13.5. The minimum Gasteiger partial charge on any atom is -0.361 e. The first kappa shape index (κ1) is 19.2. The van der Waals surface area contributed by atoms with E-state index in [1.54, 1.807) is 24.4 Å². The fourth-order valence-corrected chi connectivity index (χ4v) is 4.27. The maximum atomic E-state index is 12.3. The summed E-state index contributed by atoms with van der Waals surface area (Å²) in [5.74, 6) is -0.785. The number of carbonyl (C=O) groups excluding carboxylic acids is 2. The van der Waals surface area contributed by atoms with Gasteiger partial charge in [-0.3, -0.25) is 19.8 Å². The highest BCUT2D eigenvalue weighted by atomic mass is 79.9. The average Bonchev–Trinajstić information content (AvgIpc) is 3.07. The van der Waals surface area contributed by atoms with E-state index in [0.29, 0.717) is 22.1 Å². The lowest BCUT2D eigenvalue weighted by Gasteiger charge is -2.20. The zero-order chi connectivity index (χ0) is 19.7. The van der Waals surface area contributed by atoms with Crippen molar-refractivity contribution in [3.63, 3.8) is 0 Å². The number of rotatable bonds is 4. The standard InChI is InChI=1S/C21H20BrN3O2S/c22-14-5-8-16-17(10-14)18(21(27)24-20(16)26)11-23-15-6-3-13(4-7-15)12-25-9-1-2-19(25)28/h3-8,10-11,19,23,28H,1-2,9,12H2,(H,24,26,27)/b18-11-. The number of amides is 2. The van der Waals surface area contributed by atoms with Crippen LogP contribution in [0.5, 0.6) is 0 Å². The van der Waals surface area contributed by atoms with Crippen LogP contribution in [0.4, 0.5) is 5.69 Å². The van der Waals surface area contributed by atoms with Gasteiger partial charge in [0.2, 0.25) is 0 Å². The fourth-order valence-electron chi connectivity index (χ4n) is 3.53. The molecule has 0 spiro atoms. The van der Waals surface area contributed by atoms with E-state index in [2.05, 4.69) is 56.2 Å². The Balaban J connectivity index is 1.51. The molecule has 2 N–H and O–H groups in total. The predicted molar refractivity (Wildman–Crippen MR) is 117 cm³/mol. The Bertz CT molecular complexity index is 959. The number of imide groups is 1. The summed E-state index contributed by atoms with van der Waals surface area (Å²) in [6.07, 6.45) is 3.98. The Hall–Kier alpha value is -2.09. The molecule has 4 rings (SSSR count). The molecule has 1 atom stereocenters. The number of hydrogen-bond donors (Lipinski definition) is 3. The molecule has 0 bridgehead atoms. The molecule has 0 saturated carbocycles. The highest BCUT2D eigenvalue weighted by molar-refractivity contribution is 9.10. The van der Waals surface area contributed by atoms with Gasteiger partial charge >= 0.3 is 0 Å². The molecule has 144 valence electrons. The lowest BCUT2D eigenvalue weighted by atomic mass is 9.95. The maximum absolute atomic E-state index is 12.3. The summed E-state index contributed by atoms with van der Waals surface area (Å²) in [7, 11) is 0. The molecule has 1 fully saturated rings. The van der Waals surface area contributed by atoms with Gasteiger partial charge in [-0.1, -0.05) is 28.1 Å². The average molecular weight is 458 g/mol. The first-order valence-corrected chi connectivity index (χ1v) is 10.5. The molecule has 1 saturated heterocycles. The van der Waals surface area contributed by atoms with Gasteiger partial charge in [0.25, 0.3) is 11.8 Å². The van der Waals surface area contributed by atoms with E-state index in [4.69, 9.17) is 0 Å². The Morgan fingerprint density at radius 1 is 1.14 bits per heavy atom. The number of benzene rings is 2. The van der Waals surface area contributed by atoms with Crippen molar-refractivity contribution in [1.29, 1.82) is 0 Å². The number of nitrogens with zero attached hydrogens (tertiary/aromatic N) is 1. The molecule has 1 unspecified atom stereocenters. The molecule has 28 heavy (non-hydrogen) atoms. The van der Waals surface area contributed by atoms with Gasteiger partial charge in [-0.05, 0) is 55.3 Å². The largest absolute Gasteiger partial charge is 0.361 e. The second-order valence-electron chi connectivity index (χ2n) is 6.97. The molecule has 2 amide bonds. The van der Waals surface area contributed by atoms with Gasteiger partial charge in [0.05, 0.1) is 10.9 Å². The van der Waals surface area contributed by atoms with Crippen LogP contribution in [-0.4, -0.2) is 28.6 Å². The normalized spacial score (nSPS) is 20.9. The summed E-state index contributed by atoms with van der Waals surface area (Å²) in [6.45, 7) is 1.98. The van der Waals surface area contributed by atoms with Crippen molar-refractivity contribution in [2.24, 2.45) is 0 Å². The Labute approximate surface area is 177 Å². The molecule has 7 heteroatoms. The Morgan fingerprint density at radius 3 is 2.64 bits per heavy atom. The minimum atomic E-state index is -0.409. The Morgan fingerprint density at radius 2 is 1.93 bits per heavy atom. The van der Waals surface area contributed by atoms with Gasteiger partial charge < -0.3 is 5.32 Å². The molecule has 5 nitrogen and oxygen atoms in total. The highest BCUT2D eigenvalue weighted by Gasteiger charge is 2.27. The van der Waals surface area contributed by atoms with Crippen molar-refractivity contribution in [3.05, 3.63) is 69.8 Å². The number of nitrogens with one attached hydrogen (secondary N) is 2. The van der Waals surface area contributed by atoms with E-state index in [1.807, 2.05) is 12.1 Å². The second-order valence-corrected chi connectivity index (χ2v) is 8.48. The monoisotopic (exact) mass is 457 g/mol. The number of anilines is 1. The second kappa shape index (κ2) is 8.11. The van der Waals surface area contributed by atoms with E-state index < -0.39 is 5.91 Å². The van der Waals surface area contributed by atoms with Crippen molar-refractivity contribution in [2.45, 2.75) is 24.8 Å². The summed E-state index contributed by atoms with van der Waals surface area (Å²) in [4.78, 5) is 26.7. The number of halogens is 1. The molecule has 2 aromatic rings. The van der Waals surface area contributed by atoms with Gasteiger partial charge in [0.1, 0.15) is 0 Å². The SMILES string of the molecule is O=C1NC(=O)c2ccc(Br)cc2/C1=C/Nc1ccc(CN2CCCC2S)cc1. The smallest absolute Gasteiger partial charge is 0.260 e. The van der Waals surface area contributed by atoms with Gasteiger partial charge in [-0.15, -0.1) is 0 Å². The molecule has 2 heterocycles. The lowest BCUT2D eigenvalue weighted by Crippen LogP contribution is -2.36. The zero-order valence-electron chi connectivity index (χ0n) is 15.1. The van der Waals surface area contributed by atoms with Gasteiger partial charge in [-0.25, -0.2) is 0 Å². The third kappa shape index (κ3) is 4.01. The Kier molecular flexibility index (Phi) is 5.57. The van der Waals surface area contributed by atoms with Crippen molar-refractivity contribution in [2.75, 3.05) is 11.9 Å². The topological polar surface area (TPSA) is 61.4 Å². The summed E-state index contributed by atoms with van der Waals surface area (Å²) in [5, 5.41) is 5.89. The van der Waals surface area contributed by atoms with Crippen molar-refractivity contribution in [3.8, 4) is 0 Å². The van der Waals surface area contributed by atoms with E-state index in [9.17, 15) is 9.59 Å². The van der Waals surface area contributed by atoms with Crippen LogP contribution in [0.2, 0.25) is 0 Å². The van der Waals surface area contributed by atoms with Crippen LogP contribution >= 0.6 is 28.6 Å². The number of fused-ring (bicyclic) bond motifs is 1. The summed E-state index contributed by atoms with van der Waals surface area (Å²) in [5.41, 5.74) is 3.63. The first-order valence-electron chi connectivity index (χ1n) is 9.14. The highest BCUT2D eigenvalue weighted by Crippen LogP contribution is 2.28. The van der Waals surface area contributed by atoms with Crippen LogP contribution in [-0.2, 0) is 11.3 Å². The van der Waals surface area contributed by atoms with E-state index in [-0.39, 0.29) is 5.91 Å². The van der Waals surface area contributed by atoms with Crippen LogP contribution in [0.1, 0.15) is 34.3 Å². The predicted octanol–water partition coefficient (Wildman–Crippen LogP) is 4.02. The van der Waals surface area contributed by atoms with Crippen molar-refractivity contribution < 1.29 is 9.59 Å². The minimum absolute atomic E-state index is 0.342.